The Bertz CT molecular complexity index is 615. The maximum absolute atomic E-state index is 12.4. The second-order valence-corrected chi connectivity index (χ2v) is 4.68. The van der Waals surface area contributed by atoms with Crippen LogP contribution in [0.4, 0.5) is 0 Å². The van der Waals surface area contributed by atoms with E-state index in [-0.39, 0.29) is 5.91 Å². The molecule has 7 nitrogen and oxygen atoms in total. The van der Waals surface area contributed by atoms with Crippen LogP contribution in [0, 0.1) is 6.92 Å². The van der Waals surface area contributed by atoms with Crippen molar-refractivity contribution in [3.05, 3.63) is 35.7 Å². The SMILES string of the molecule is Cc1nnc(-c2ccc(C(=O)N3CCOCCN3)cc2)o1. The van der Waals surface area contributed by atoms with Gasteiger partial charge in [-0.05, 0) is 24.3 Å². The number of nitrogens with zero attached hydrogens (tertiary/aromatic N) is 3. The van der Waals surface area contributed by atoms with Crippen LogP contribution in [-0.4, -0.2) is 47.4 Å². The molecule has 1 amide bonds. The first-order valence-electron chi connectivity index (χ1n) is 6.78. The molecule has 1 fully saturated rings. The van der Waals surface area contributed by atoms with Crippen LogP contribution < -0.4 is 5.43 Å². The van der Waals surface area contributed by atoms with Crippen LogP contribution in [-0.2, 0) is 4.74 Å². The van der Waals surface area contributed by atoms with E-state index in [0.29, 0.717) is 43.6 Å². The molecule has 1 aliphatic rings. The molecule has 0 saturated carbocycles. The van der Waals surface area contributed by atoms with Crippen LogP contribution in [0.3, 0.4) is 0 Å². The molecule has 0 spiro atoms. The number of hydrogen-bond donors (Lipinski definition) is 1. The Hall–Kier alpha value is -2.25. The normalized spacial score (nSPS) is 15.8. The van der Waals surface area contributed by atoms with Crippen molar-refractivity contribution in [3.63, 3.8) is 0 Å². The summed E-state index contributed by atoms with van der Waals surface area (Å²) in [6.07, 6.45) is 0. The number of aryl methyl sites for hydroxylation is 1. The van der Waals surface area contributed by atoms with E-state index in [4.69, 9.17) is 9.15 Å². The zero-order valence-corrected chi connectivity index (χ0v) is 11.7. The highest BCUT2D eigenvalue weighted by Crippen LogP contribution is 2.18. The lowest BCUT2D eigenvalue weighted by Gasteiger charge is -2.20. The van der Waals surface area contributed by atoms with Gasteiger partial charge in [-0.1, -0.05) is 0 Å². The zero-order valence-electron chi connectivity index (χ0n) is 11.7. The first-order valence-corrected chi connectivity index (χ1v) is 6.78. The van der Waals surface area contributed by atoms with Gasteiger partial charge in [0.2, 0.25) is 11.8 Å². The molecule has 1 aliphatic heterocycles. The third kappa shape index (κ3) is 3.09. The summed E-state index contributed by atoms with van der Waals surface area (Å²) < 4.78 is 10.7. The van der Waals surface area contributed by atoms with E-state index in [9.17, 15) is 4.79 Å². The molecule has 0 aliphatic carbocycles. The summed E-state index contributed by atoms with van der Waals surface area (Å²) >= 11 is 0. The number of nitrogens with one attached hydrogen (secondary N) is 1. The minimum absolute atomic E-state index is 0.0752. The van der Waals surface area contributed by atoms with Gasteiger partial charge >= 0.3 is 0 Å². The number of hydrazine groups is 1. The summed E-state index contributed by atoms with van der Waals surface area (Å²) in [5, 5.41) is 9.32. The molecule has 1 saturated heterocycles. The van der Waals surface area contributed by atoms with E-state index in [2.05, 4.69) is 15.6 Å². The van der Waals surface area contributed by atoms with Crippen LogP contribution in [0.2, 0.25) is 0 Å². The molecule has 110 valence electrons. The Kier molecular flexibility index (Phi) is 3.94. The maximum atomic E-state index is 12.4. The summed E-state index contributed by atoms with van der Waals surface area (Å²) in [4.78, 5) is 12.4. The Morgan fingerprint density at radius 3 is 2.76 bits per heavy atom. The molecular formula is C14H16N4O3. The van der Waals surface area contributed by atoms with E-state index >= 15 is 0 Å². The van der Waals surface area contributed by atoms with Gasteiger partial charge < -0.3 is 9.15 Å². The highest BCUT2D eigenvalue weighted by molar-refractivity contribution is 5.94. The largest absolute Gasteiger partial charge is 0.421 e. The lowest BCUT2D eigenvalue weighted by atomic mass is 10.1. The predicted octanol–water partition coefficient (Wildman–Crippen LogP) is 1.02. The van der Waals surface area contributed by atoms with Crippen molar-refractivity contribution >= 4 is 5.91 Å². The van der Waals surface area contributed by atoms with Crippen LogP contribution in [0.15, 0.2) is 28.7 Å². The molecule has 0 unspecified atom stereocenters. The van der Waals surface area contributed by atoms with Crippen LogP contribution in [0.5, 0.6) is 0 Å². The van der Waals surface area contributed by atoms with Gasteiger partial charge in [-0.25, -0.2) is 5.43 Å². The molecule has 21 heavy (non-hydrogen) atoms. The van der Waals surface area contributed by atoms with Gasteiger partial charge in [0.1, 0.15) is 0 Å². The first kappa shape index (κ1) is 13.7. The zero-order chi connectivity index (χ0) is 14.7. The van der Waals surface area contributed by atoms with Crippen molar-refractivity contribution in [1.82, 2.24) is 20.6 Å². The molecule has 0 bridgehead atoms. The Morgan fingerprint density at radius 1 is 1.24 bits per heavy atom. The third-order valence-corrected chi connectivity index (χ3v) is 3.16. The summed E-state index contributed by atoms with van der Waals surface area (Å²) in [5.74, 6) is 0.889. The molecule has 7 heteroatoms. The van der Waals surface area contributed by atoms with Gasteiger partial charge in [0.05, 0.1) is 19.8 Å². The summed E-state index contributed by atoms with van der Waals surface area (Å²) in [6, 6.07) is 7.11. The van der Waals surface area contributed by atoms with E-state index in [0.717, 1.165) is 5.56 Å². The van der Waals surface area contributed by atoms with Crippen LogP contribution >= 0.6 is 0 Å². The molecule has 3 rings (SSSR count). The molecule has 1 N–H and O–H groups in total. The second-order valence-electron chi connectivity index (χ2n) is 4.68. The number of carbonyl (C=O) groups is 1. The van der Waals surface area contributed by atoms with Crippen molar-refractivity contribution in [2.45, 2.75) is 6.92 Å². The monoisotopic (exact) mass is 288 g/mol. The van der Waals surface area contributed by atoms with Gasteiger partial charge in [-0.2, -0.15) is 0 Å². The van der Waals surface area contributed by atoms with Gasteiger partial charge in [-0.15, -0.1) is 10.2 Å². The molecule has 2 heterocycles. The van der Waals surface area contributed by atoms with Gasteiger partial charge in [0, 0.05) is 24.6 Å². The highest BCUT2D eigenvalue weighted by Gasteiger charge is 2.17. The number of rotatable bonds is 2. The number of benzene rings is 1. The van der Waals surface area contributed by atoms with Gasteiger partial charge in [-0.3, -0.25) is 9.80 Å². The fourth-order valence-electron chi connectivity index (χ4n) is 2.09. The standard InChI is InChI=1S/C14H16N4O3/c1-10-16-17-13(21-10)11-2-4-12(5-3-11)14(19)18-7-9-20-8-6-15-18/h2-5,15H,6-9H2,1H3. The number of ether oxygens (including phenoxy) is 1. The predicted molar refractivity (Wildman–Crippen MR) is 74.3 cm³/mol. The lowest BCUT2D eigenvalue weighted by Crippen LogP contribution is -2.43. The maximum Gasteiger partial charge on any atom is 0.268 e. The van der Waals surface area contributed by atoms with E-state index < -0.39 is 0 Å². The fourth-order valence-corrected chi connectivity index (χ4v) is 2.09. The summed E-state index contributed by atoms with van der Waals surface area (Å²) in [6.45, 7) is 4.05. The Balaban J connectivity index is 1.75. The quantitative estimate of drug-likeness (QED) is 0.888. The van der Waals surface area contributed by atoms with Gasteiger partial charge in [0.25, 0.3) is 5.91 Å². The average Bonchev–Trinajstić information content (AvgIpc) is 2.77. The average molecular weight is 288 g/mol. The van der Waals surface area contributed by atoms with Crippen molar-refractivity contribution in [2.24, 2.45) is 0 Å². The summed E-state index contributed by atoms with van der Waals surface area (Å²) in [7, 11) is 0. The highest BCUT2D eigenvalue weighted by atomic mass is 16.5. The van der Waals surface area contributed by atoms with E-state index in [1.165, 1.54) is 0 Å². The van der Waals surface area contributed by atoms with E-state index in [1.54, 1.807) is 36.2 Å². The fraction of sp³-hybridized carbons (Fsp3) is 0.357. The molecule has 0 atom stereocenters. The minimum Gasteiger partial charge on any atom is -0.421 e. The summed E-state index contributed by atoms with van der Waals surface area (Å²) in [5.41, 5.74) is 4.44. The molecule has 1 aromatic heterocycles. The Labute approximate surface area is 121 Å². The number of carbonyl (C=O) groups excluding carboxylic acids is 1. The van der Waals surface area contributed by atoms with Crippen molar-refractivity contribution in [2.75, 3.05) is 26.3 Å². The number of aromatic nitrogens is 2. The molecule has 1 aromatic carbocycles. The van der Waals surface area contributed by atoms with Crippen LogP contribution in [0.1, 0.15) is 16.2 Å². The van der Waals surface area contributed by atoms with Gasteiger partial charge in [0.15, 0.2) is 0 Å². The van der Waals surface area contributed by atoms with Crippen molar-refractivity contribution in [1.29, 1.82) is 0 Å². The minimum atomic E-state index is -0.0752. The number of amides is 1. The molecule has 0 radical (unpaired) electrons. The molecule has 2 aromatic rings. The number of hydrogen-bond acceptors (Lipinski definition) is 6. The lowest BCUT2D eigenvalue weighted by molar-refractivity contribution is 0.0660. The molecular weight excluding hydrogens is 272 g/mol. The van der Waals surface area contributed by atoms with Crippen molar-refractivity contribution < 1.29 is 13.9 Å². The Morgan fingerprint density at radius 2 is 2.05 bits per heavy atom. The third-order valence-electron chi connectivity index (χ3n) is 3.16. The van der Waals surface area contributed by atoms with Crippen LogP contribution in [0.25, 0.3) is 11.5 Å². The van der Waals surface area contributed by atoms with Crippen molar-refractivity contribution in [3.8, 4) is 11.5 Å². The first-order chi connectivity index (χ1) is 10.2. The van der Waals surface area contributed by atoms with E-state index in [1.807, 2.05) is 0 Å². The smallest absolute Gasteiger partial charge is 0.268 e. The topological polar surface area (TPSA) is 80.5 Å². The second kappa shape index (κ2) is 6.02.